The summed E-state index contributed by atoms with van der Waals surface area (Å²) < 4.78 is 5.08. The molecule has 2 rings (SSSR count). The van der Waals surface area contributed by atoms with Gasteiger partial charge in [0.2, 0.25) is 0 Å². The number of carbonyl (C=O) groups is 1. The average Bonchev–Trinajstić information content (AvgIpc) is 2.49. The van der Waals surface area contributed by atoms with E-state index in [1.54, 1.807) is 6.07 Å². The van der Waals surface area contributed by atoms with Crippen molar-refractivity contribution in [3.05, 3.63) is 65.7 Å². The predicted molar refractivity (Wildman–Crippen MR) is 85.7 cm³/mol. The van der Waals surface area contributed by atoms with E-state index in [-0.39, 0.29) is 49.2 Å². The van der Waals surface area contributed by atoms with Gasteiger partial charge in [0, 0.05) is 50.2 Å². The molecular formula is C17H16CaO4. The van der Waals surface area contributed by atoms with Gasteiger partial charge in [-0.1, -0.05) is 36.4 Å². The quantitative estimate of drug-likeness (QED) is 0.384. The number of aromatic hydroxyl groups is 2. The predicted octanol–water partition coefficient (Wildman–Crippen LogP) is 2.52. The molecule has 110 valence electrons. The minimum absolute atomic E-state index is 0. The van der Waals surface area contributed by atoms with Gasteiger partial charge in [0.25, 0.3) is 0 Å². The van der Waals surface area contributed by atoms with E-state index in [1.807, 2.05) is 30.3 Å². The second kappa shape index (κ2) is 9.51. The van der Waals surface area contributed by atoms with Crippen LogP contribution >= 0.6 is 0 Å². The summed E-state index contributed by atoms with van der Waals surface area (Å²) in [7, 11) is 0. The first-order valence-corrected chi connectivity index (χ1v) is 6.56. The first kappa shape index (κ1) is 18.6. The number of phenols is 2. The third-order valence-electron chi connectivity index (χ3n) is 2.89. The maximum absolute atomic E-state index is 11.5. The molecule has 0 saturated carbocycles. The van der Waals surface area contributed by atoms with Crippen LogP contribution in [0.25, 0.3) is 6.08 Å². The second-order valence-electron chi connectivity index (χ2n) is 4.48. The number of rotatable bonds is 5. The Morgan fingerprint density at radius 3 is 2.45 bits per heavy atom. The summed E-state index contributed by atoms with van der Waals surface area (Å²) in [6.45, 7) is 0.314. The molecule has 0 aliphatic heterocycles. The maximum atomic E-state index is 11.5. The van der Waals surface area contributed by atoms with Crippen molar-refractivity contribution < 1.29 is 19.7 Å². The molecule has 0 aliphatic carbocycles. The SMILES string of the molecule is O=C(/C=C/c1ccc(O)c(O)c1)OCCc1ccccc1.[Ca]. The van der Waals surface area contributed by atoms with E-state index < -0.39 is 5.97 Å². The fourth-order valence-electron chi connectivity index (χ4n) is 1.77. The van der Waals surface area contributed by atoms with Crippen LogP contribution in [0.5, 0.6) is 11.5 Å². The average molecular weight is 324 g/mol. The number of hydrogen-bond donors (Lipinski definition) is 2. The van der Waals surface area contributed by atoms with Gasteiger partial charge in [-0.3, -0.25) is 0 Å². The standard InChI is InChI=1S/C17H16O4.Ca/c18-15-8-6-14(12-16(15)19)7-9-17(20)21-11-10-13-4-2-1-3-5-13;/h1-9,12,18-19H,10-11H2;/b9-7+;. The zero-order valence-corrected chi connectivity index (χ0v) is 14.3. The molecule has 0 fully saturated rings. The van der Waals surface area contributed by atoms with E-state index in [4.69, 9.17) is 4.74 Å². The van der Waals surface area contributed by atoms with Crippen molar-refractivity contribution in [1.29, 1.82) is 0 Å². The fraction of sp³-hybridized carbons (Fsp3) is 0.118. The Labute approximate surface area is 159 Å². The van der Waals surface area contributed by atoms with Gasteiger partial charge in [0.15, 0.2) is 11.5 Å². The van der Waals surface area contributed by atoms with Crippen LogP contribution < -0.4 is 0 Å². The van der Waals surface area contributed by atoms with Gasteiger partial charge >= 0.3 is 5.97 Å². The van der Waals surface area contributed by atoms with Crippen molar-refractivity contribution in [3.63, 3.8) is 0 Å². The Morgan fingerprint density at radius 1 is 1.05 bits per heavy atom. The number of esters is 1. The summed E-state index contributed by atoms with van der Waals surface area (Å²) in [6, 6.07) is 14.1. The molecule has 0 unspecified atom stereocenters. The van der Waals surface area contributed by atoms with Gasteiger partial charge < -0.3 is 14.9 Å². The fourth-order valence-corrected chi connectivity index (χ4v) is 1.77. The molecule has 2 aromatic rings. The normalized spacial score (nSPS) is 10.2. The van der Waals surface area contributed by atoms with Crippen LogP contribution in [0.3, 0.4) is 0 Å². The third-order valence-corrected chi connectivity index (χ3v) is 2.89. The molecule has 2 radical (unpaired) electrons. The van der Waals surface area contributed by atoms with Crippen LogP contribution in [0.4, 0.5) is 0 Å². The smallest absolute Gasteiger partial charge is 0.330 e. The van der Waals surface area contributed by atoms with Crippen molar-refractivity contribution in [2.75, 3.05) is 6.61 Å². The molecule has 0 amide bonds. The molecule has 2 N–H and O–H groups in total. The number of phenolic OH excluding ortho intramolecular Hbond substituents is 2. The van der Waals surface area contributed by atoms with Gasteiger partial charge in [0.1, 0.15) is 0 Å². The molecule has 0 atom stereocenters. The van der Waals surface area contributed by atoms with Gasteiger partial charge in [-0.25, -0.2) is 4.79 Å². The molecule has 0 spiro atoms. The number of ether oxygens (including phenoxy) is 1. The molecule has 22 heavy (non-hydrogen) atoms. The Morgan fingerprint density at radius 2 is 1.77 bits per heavy atom. The van der Waals surface area contributed by atoms with Crippen LogP contribution in [0.15, 0.2) is 54.6 Å². The minimum Gasteiger partial charge on any atom is -0.504 e. The van der Waals surface area contributed by atoms with Gasteiger partial charge in [-0.15, -0.1) is 0 Å². The van der Waals surface area contributed by atoms with Gasteiger partial charge in [0.05, 0.1) is 6.61 Å². The summed E-state index contributed by atoms with van der Waals surface area (Å²) in [6.07, 6.45) is 3.47. The summed E-state index contributed by atoms with van der Waals surface area (Å²) in [5.41, 5.74) is 1.71. The van der Waals surface area contributed by atoms with E-state index in [0.717, 1.165) is 5.56 Å². The van der Waals surface area contributed by atoms with E-state index in [0.29, 0.717) is 18.6 Å². The Bertz CT molecular complexity index is 638. The maximum Gasteiger partial charge on any atom is 0.330 e. The molecule has 0 heterocycles. The second-order valence-corrected chi connectivity index (χ2v) is 4.48. The van der Waals surface area contributed by atoms with Crippen LogP contribution in [0.1, 0.15) is 11.1 Å². The molecular weight excluding hydrogens is 308 g/mol. The summed E-state index contributed by atoms with van der Waals surface area (Å²) >= 11 is 0. The van der Waals surface area contributed by atoms with Crippen molar-refractivity contribution in [3.8, 4) is 11.5 Å². The van der Waals surface area contributed by atoms with E-state index in [9.17, 15) is 15.0 Å². The first-order valence-electron chi connectivity index (χ1n) is 6.56. The zero-order chi connectivity index (χ0) is 15.1. The molecule has 0 aliphatic rings. The van der Waals surface area contributed by atoms with Crippen molar-refractivity contribution >= 4 is 49.8 Å². The van der Waals surface area contributed by atoms with E-state index >= 15 is 0 Å². The molecule has 4 nitrogen and oxygen atoms in total. The van der Waals surface area contributed by atoms with Crippen LogP contribution in [0.2, 0.25) is 0 Å². The van der Waals surface area contributed by atoms with E-state index in [2.05, 4.69) is 0 Å². The topological polar surface area (TPSA) is 66.8 Å². The Kier molecular flexibility index (Phi) is 8.02. The van der Waals surface area contributed by atoms with Crippen molar-refractivity contribution in [2.24, 2.45) is 0 Å². The number of benzene rings is 2. The molecule has 5 heteroatoms. The summed E-state index contributed by atoms with van der Waals surface area (Å²) in [5, 5.41) is 18.5. The number of carbonyl (C=O) groups excluding carboxylic acids is 1. The first-order chi connectivity index (χ1) is 10.1. The monoisotopic (exact) mass is 324 g/mol. The minimum atomic E-state index is -0.446. The van der Waals surface area contributed by atoms with Crippen LogP contribution in [-0.2, 0) is 16.0 Å². The molecule has 0 aromatic heterocycles. The van der Waals surface area contributed by atoms with Crippen molar-refractivity contribution in [2.45, 2.75) is 6.42 Å². The van der Waals surface area contributed by atoms with Gasteiger partial charge in [-0.05, 0) is 29.3 Å². The van der Waals surface area contributed by atoms with Crippen LogP contribution in [-0.4, -0.2) is 60.5 Å². The van der Waals surface area contributed by atoms with Crippen molar-refractivity contribution in [1.82, 2.24) is 0 Å². The van der Waals surface area contributed by atoms with Gasteiger partial charge in [-0.2, -0.15) is 0 Å². The third kappa shape index (κ3) is 6.10. The molecule has 0 bridgehead atoms. The largest absolute Gasteiger partial charge is 0.504 e. The molecule has 2 aromatic carbocycles. The Balaban J connectivity index is 0.00000242. The summed E-state index contributed by atoms with van der Waals surface area (Å²) in [5.74, 6) is -0.870. The van der Waals surface area contributed by atoms with E-state index in [1.165, 1.54) is 24.3 Å². The molecule has 0 saturated heterocycles. The van der Waals surface area contributed by atoms with Crippen LogP contribution in [0, 0.1) is 0 Å². The zero-order valence-electron chi connectivity index (χ0n) is 12.1. The summed E-state index contributed by atoms with van der Waals surface area (Å²) in [4.78, 5) is 11.5. The Hall–Kier alpha value is -1.49. The number of hydrogen-bond acceptors (Lipinski definition) is 4.